The lowest BCUT2D eigenvalue weighted by Crippen LogP contribution is -2.26. The molecule has 1 aromatic rings. The number of nitrogens with one attached hydrogen (secondary N) is 1. The molecule has 4 nitrogen and oxygen atoms in total. The predicted molar refractivity (Wildman–Crippen MR) is 83.9 cm³/mol. The van der Waals surface area contributed by atoms with Crippen molar-refractivity contribution in [2.24, 2.45) is 16.8 Å². The molecule has 0 spiro atoms. The Labute approximate surface area is 126 Å². The molecule has 1 aromatic carbocycles. The molecule has 1 heterocycles. The van der Waals surface area contributed by atoms with E-state index >= 15 is 0 Å². The summed E-state index contributed by atoms with van der Waals surface area (Å²) in [5, 5.41) is 0. The van der Waals surface area contributed by atoms with Crippen molar-refractivity contribution in [3.63, 3.8) is 0 Å². The molecule has 5 heteroatoms. The van der Waals surface area contributed by atoms with Crippen LogP contribution in [0.5, 0.6) is 0 Å². The van der Waals surface area contributed by atoms with Crippen LogP contribution in [-0.4, -0.2) is 20.3 Å². The summed E-state index contributed by atoms with van der Waals surface area (Å²) in [4.78, 5) is 5.04. The number of fused-ring (bicyclic) bond motifs is 1. The summed E-state index contributed by atoms with van der Waals surface area (Å²) in [5.41, 5.74) is 0.712. The maximum absolute atomic E-state index is 12.1. The van der Waals surface area contributed by atoms with Gasteiger partial charge in [0.2, 0.25) is 0 Å². The van der Waals surface area contributed by atoms with Crippen molar-refractivity contribution in [1.29, 1.82) is 0 Å². The van der Waals surface area contributed by atoms with Crippen LogP contribution in [0.1, 0.15) is 45.1 Å². The molecule has 0 amide bonds. The van der Waals surface area contributed by atoms with E-state index in [9.17, 15) is 8.42 Å². The zero-order chi connectivity index (χ0) is 15.0. The van der Waals surface area contributed by atoms with Crippen molar-refractivity contribution < 1.29 is 8.42 Å². The largest absolute Gasteiger partial charge is 0.264 e. The number of aliphatic imine (C=N–C) groups is 1. The fraction of sp³-hybridized carbons (Fsp3) is 0.562. The molecule has 0 saturated heterocycles. The molecule has 114 valence electrons. The number of sulfonamides is 1. The average Bonchev–Trinajstić information content (AvgIpc) is 2.71. The second-order valence-electron chi connectivity index (χ2n) is 6.39. The number of nitrogens with zero attached hydrogens (tertiary/aromatic N) is 1. The van der Waals surface area contributed by atoms with Crippen molar-refractivity contribution >= 4 is 15.9 Å². The molecule has 1 saturated carbocycles. The van der Waals surface area contributed by atoms with Gasteiger partial charge in [0, 0.05) is 5.56 Å². The van der Waals surface area contributed by atoms with E-state index in [0.29, 0.717) is 16.3 Å². The summed E-state index contributed by atoms with van der Waals surface area (Å²) < 4.78 is 26.7. The number of benzene rings is 1. The number of amidine groups is 1. The lowest BCUT2D eigenvalue weighted by atomic mass is 9.80. The standard InChI is InChI=1S/C16H22N2O2S/c1-11(2)12-7-9-13(10-8-12)17-16-14-5-3-4-6-15(14)21(19,20)18-16/h3-6,11-13H,7-10H2,1-2H3,(H,17,18). The minimum Gasteiger partial charge on any atom is -0.264 e. The molecule has 0 atom stereocenters. The van der Waals surface area contributed by atoms with Crippen molar-refractivity contribution in [1.82, 2.24) is 4.72 Å². The molecule has 1 aliphatic carbocycles. The Bertz CT molecular complexity index is 657. The van der Waals surface area contributed by atoms with Crippen LogP contribution in [-0.2, 0) is 10.0 Å². The third kappa shape index (κ3) is 2.84. The molecule has 3 rings (SSSR count). The van der Waals surface area contributed by atoms with E-state index in [1.165, 1.54) is 12.8 Å². The molecule has 0 unspecified atom stereocenters. The van der Waals surface area contributed by atoms with Gasteiger partial charge in [0.15, 0.2) is 0 Å². The number of hydrogen-bond donors (Lipinski definition) is 1. The Hall–Kier alpha value is -1.36. The van der Waals surface area contributed by atoms with Crippen molar-refractivity contribution in [2.45, 2.75) is 50.5 Å². The molecule has 1 N–H and O–H groups in total. The van der Waals surface area contributed by atoms with Crippen molar-refractivity contribution in [3.05, 3.63) is 29.8 Å². The maximum Gasteiger partial charge on any atom is 0.263 e. The van der Waals surface area contributed by atoms with Gasteiger partial charge in [-0.1, -0.05) is 26.0 Å². The molecular formula is C16H22N2O2S. The molecule has 0 aromatic heterocycles. The van der Waals surface area contributed by atoms with Crippen LogP contribution in [0.25, 0.3) is 0 Å². The van der Waals surface area contributed by atoms with Gasteiger partial charge in [-0.05, 0) is 49.7 Å². The van der Waals surface area contributed by atoms with Gasteiger partial charge in [0.05, 0.1) is 10.9 Å². The summed E-state index contributed by atoms with van der Waals surface area (Å²) in [6.45, 7) is 4.55. The Morgan fingerprint density at radius 2 is 1.81 bits per heavy atom. The van der Waals surface area contributed by atoms with E-state index in [2.05, 4.69) is 18.6 Å². The monoisotopic (exact) mass is 306 g/mol. The minimum atomic E-state index is -3.41. The lowest BCUT2D eigenvalue weighted by molar-refractivity contribution is 0.260. The Kier molecular flexibility index (Phi) is 3.78. The van der Waals surface area contributed by atoms with E-state index < -0.39 is 10.0 Å². The normalized spacial score (nSPS) is 29.4. The highest BCUT2D eigenvalue weighted by molar-refractivity contribution is 7.90. The van der Waals surface area contributed by atoms with E-state index in [-0.39, 0.29) is 6.04 Å². The first-order valence-electron chi connectivity index (χ1n) is 7.67. The van der Waals surface area contributed by atoms with Crippen molar-refractivity contribution in [3.8, 4) is 0 Å². The molecule has 0 bridgehead atoms. The first-order chi connectivity index (χ1) is 9.97. The first-order valence-corrected chi connectivity index (χ1v) is 9.15. The van der Waals surface area contributed by atoms with Crippen LogP contribution in [0.3, 0.4) is 0 Å². The van der Waals surface area contributed by atoms with Gasteiger partial charge in [-0.3, -0.25) is 9.71 Å². The summed E-state index contributed by atoms with van der Waals surface area (Å²) in [6, 6.07) is 7.30. The highest BCUT2D eigenvalue weighted by Gasteiger charge is 2.31. The zero-order valence-electron chi connectivity index (χ0n) is 12.5. The van der Waals surface area contributed by atoms with Crippen LogP contribution < -0.4 is 4.72 Å². The zero-order valence-corrected chi connectivity index (χ0v) is 13.4. The molecule has 1 fully saturated rings. The lowest BCUT2D eigenvalue weighted by Gasteiger charge is -2.29. The predicted octanol–water partition coefficient (Wildman–Crippen LogP) is 2.94. The molecule has 2 aliphatic rings. The molecular weight excluding hydrogens is 284 g/mol. The van der Waals surface area contributed by atoms with Crippen LogP contribution in [0.15, 0.2) is 34.2 Å². The molecule has 21 heavy (non-hydrogen) atoms. The second kappa shape index (κ2) is 5.44. The van der Waals surface area contributed by atoms with Gasteiger partial charge in [-0.15, -0.1) is 0 Å². The fourth-order valence-electron chi connectivity index (χ4n) is 3.31. The summed E-state index contributed by atoms with van der Waals surface area (Å²) in [6.07, 6.45) is 4.48. The fourth-order valence-corrected chi connectivity index (χ4v) is 4.55. The van der Waals surface area contributed by atoms with Gasteiger partial charge in [0.25, 0.3) is 10.0 Å². The summed E-state index contributed by atoms with van der Waals surface area (Å²) >= 11 is 0. The van der Waals surface area contributed by atoms with Gasteiger partial charge < -0.3 is 0 Å². The third-order valence-electron chi connectivity index (χ3n) is 4.66. The Morgan fingerprint density at radius 3 is 2.48 bits per heavy atom. The quantitative estimate of drug-likeness (QED) is 0.913. The highest BCUT2D eigenvalue weighted by Crippen LogP contribution is 2.32. The highest BCUT2D eigenvalue weighted by atomic mass is 32.2. The van der Waals surface area contributed by atoms with Crippen LogP contribution in [0.4, 0.5) is 0 Å². The second-order valence-corrected chi connectivity index (χ2v) is 8.04. The number of rotatable bonds is 2. The van der Waals surface area contributed by atoms with E-state index in [4.69, 9.17) is 4.99 Å². The van der Waals surface area contributed by atoms with Crippen LogP contribution >= 0.6 is 0 Å². The van der Waals surface area contributed by atoms with Crippen LogP contribution in [0.2, 0.25) is 0 Å². The average molecular weight is 306 g/mol. The van der Waals surface area contributed by atoms with Gasteiger partial charge in [0.1, 0.15) is 5.84 Å². The Morgan fingerprint density at radius 1 is 1.14 bits per heavy atom. The smallest absolute Gasteiger partial charge is 0.263 e. The molecule has 1 aliphatic heterocycles. The number of hydrogen-bond acceptors (Lipinski definition) is 3. The van der Waals surface area contributed by atoms with Crippen LogP contribution in [0, 0.1) is 11.8 Å². The third-order valence-corrected chi connectivity index (χ3v) is 6.06. The SMILES string of the molecule is CC(C)C1CCC(N=C2NS(=O)(=O)c3ccccc32)CC1. The summed E-state index contributed by atoms with van der Waals surface area (Å²) in [5.74, 6) is 2.04. The minimum absolute atomic E-state index is 0.240. The van der Waals surface area contributed by atoms with E-state index in [1.54, 1.807) is 12.1 Å². The topological polar surface area (TPSA) is 58.5 Å². The van der Waals surface area contributed by atoms with E-state index in [1.807, 2.05) is 12.1 Å². The van der Waals surface area contributed by atoms with E-state index in [0.717, 1.165) is 24.7 Å². The Balaban J connectivity index is 1.80. The molecule has 0 radical (unpaired) electrons. The van der Waals surface area contributed by atoms with Crippen molar-refractivity contribution in [2.75, 3.05) is 0 Å². The first kappa shape index (κ1) is 14.6. The summed E-state index contributed by atoms with van der Waals surface area (Å²) in [7, 11) is -3.41. The maximum atomic E-state index is 12.1. The van der Waals surface area contributed by atoms with Gasteiger partial charge in [-0.25, -0.2) is 8.42 Å². The van der Waals surface area contributed by atoms with Gasteiger partial charge in [-0.2, -0.15) is 0 Å². The van der Waals surface area contributed by atoms with Gasteiger partial charge >= 0.3 is 0 Å².